The first-order chi connectivity index (χ1) is 19.0. The van der Waals surface area contributed by atoms with Crippen LogP contribution in [0.4, 0.5) is 33.2 Å². The number of ether oxygens (including phenoxy) is 3. The van der Waals surface area contributed by atoms with Gasteiger partial charge in [-0.05, 0) is 50.1 Å². The normalized spacial score (nSPS) is 17.8. The van der Waals surface area contributed by atoms with Crippen LogP contribution < -0.4 is 24.6 Å². The number of hydrogen-bond acceptors (Lipinski definition) is 9. The fourth-order valence-corrected chi connectivity index (χ4v) is 5.25. The second kappa shape index (κ2) is 10.0. The van der Waals surface area contributed by atoms with Gasteiger partial charge in [-0.1, -0.05) is 0 Å². The molecule has 2 aromatic carbocycles. The van der Waals surface area contributed by atoms with E-state index >= 15 is 0 Å². The topological polar surface area (TPSA) is 118 Å². The van der Waals surface area contributed by atoms with Crippen LogP contribution in [0.2, 0.25) is 0 Å². The number of aromatic nitrogens is 4. The van der Waals surface area contributed by atoms with Gasteiger partial charge < -0.3 is 24.4 Å². The number of halogens is 1. The predicted octanol–water partition coefficient (Wildman–Crippen LogP) is 4.31. The van der Waals surface area contributed by atoms with Crippen LogP contribution in [0.15, 0.2) is 42.6 Å². The second-order valence-corrected chi connectivity index (χ2v) is 9.44. The Morgan fingerprint density at radius 2 is 1.90 bits per heavy atom. The number of rotatable bonds is 6. The number of aromatic amines is 1. The van der Waals surface area contributed by atoms with Gasteiger partial charge in [-0.15, -0.1) is 0 Å². The third-order valence-electron chi connectivity index (χ3n) is 7.20. The Hall–Kier alpha value is -4.45. The van der Waals surface area contributed by atoms with Gasteiger partial charge in [0.05, 0.1) is 37.0 Å². The summed E-state index contributed by atoms with van der Waals surface area (Å²) < 4.78 is 30.5. The van der Waals surface area contributed by atoms with E-state index < -0.39 is 12.0 Å². The average Bonchev–Trinajstić information content (AvgIpc) is 3.34. The molecule has 0 unspecified atom stereocenters. The van der Waals surface area contributed by atoms with Crippen molar-refractivity contribution in [1.29, 1.82) is 0 Å². The second-order valence-electron chi connectivity index (χ2n) is 9.44. The molecule has 202 valence electrons. The summed E-state index contributed by atoms with van der Waals surface area (Å²) in [7, 11) is 3.12. The summed E-state index contributed by atoms with van der Waals surface area (Å²) in [6, 6.07) is 10.1. The highest BCUT2D eigenvalue weighted by Gasteiger charge is 2.41. The molecule has 1 amide bonds. The van der Waals surface area contributed by atoms with Crippen molar-refractivity contribution in [3.8, 4) is 11.5 Å². The molecule has 0 spiro atoms. The lowest BCUT2D eigenvalue weighted by molar-refractivity contribution is -0.119. The van der Waals surface area contributed by atoms with Crippen LogP contribution in [0.5, 0.6) is 11.5 Å². The molecule has 0 radical (unpaired) electrons. The van der Waals surface area contributed by atoms with Crippen LogP contribution in [0.1, 0.15) is 19.8 Å². The summed E-state index contributed by atoms with van der Waals surface area (Å²) in [4.78, 5) is 27.0. The molecule has 1 fully saturated rings. The third kappa shape index (κ3) is 4.36. The fourth-order valence-electron chi connectivity index (χ4n) is 5.25. The molecule has 39 heavy (non-hydrogen) atoms. The summed E-state index contributed by atoms with van der Waals surface area (Å²) in [5.41, 5.74) is 2.30. The van der Waals surface area contributed by atoms with Crippen molar-refractivity contribution in [3.05, 3.63) is 48.5 Å². The van der Waals surface area contributed by atoms with E-state index in [0.29, 0.717) is 64.4 Å². The Kier molecular flexibility index (Phi) is 6.39. The fraction of sp³-hybridized carbons (Fsp3) is 0.333. The minimum Gasteiger partial charge on any atom is -0.493 e. The number of amides is 1. The first-order valence-corrected chi connectivity index (χ1v) is 12.7. The zero-order valence-corrected chi connectivity index (χ0v) is 21.8. The highest BCUT2D eigenvalue weighted by atomic mass is 19.1. The molecule has 2 N–H and O–H groups in total. The molecule has 2 aliphatic heterocycles. The smallest absolute Gasteiger partial charge is 0.254 e. The number of nitrogens with one attached hydrogen (secondary N) is 2. The minimum absolute atomic E-state index is 0.0723. The standard InChI is InChI=1S/C27H28FN7O4/c1-15-26(36)35(18-5-7-22(37-2)23(13-18)38-3)21-14-29-27(31-25(21)34(15)17-8-10-39-11-9-17)30-16-4-6-20-19(12-16)24(28)33-32-20/h4-7,12-15,17H,8-11H2,1-3H3,(H,32,33)(H,29,30,31)/t15-/m1/s1. The lowest BCUT2D eigenvalue weighted by Crippen LogP contribution is -2.56. The lowest BCUT2D eigenvalue weighted by atomic mass is 10.0. The van der Waals surface area contributed by atoms with Crippen LogP contribution in [0.3, 0.4) is 0 Å². The van der Waals surface area contributed by atoms with Crippen LogP contribution in [0, 0.1) is 5.95 Å². The molecule has 2 aliphatic rings. The number of carbonyl (C=O) groups is 1. The Balaban J connectivity index is 1.44. The molecule has 1 saturated heterocycles. The molecule has 6 rings (SSSR count). The van der Waals surface area contributed by atoms with Gasteiger partial charge in [0.15, 0.2) is 17.3 Å². The van der Waals surface area contributed by atoms with Gasteiger partial charge in [-0.3, -0.25) is 14.8 Å². The number of methoxy groups -OCH3 is 2. The molecule has 4 heterocycles. The molecule has 2 aromatic heterocycles. The van der Waals surface area contributed by atoms with Crippen molar-refractivity contribution in [1.82, 2.24) is 20.2 Å². The molecule has 4 aromatic rings. The molecule has 0 aliphatic carbocycles. The molecular formula is C27H28FN7O4. The largest absolute Gasteiger partial charge is 0.493 e. The van der Waals surface area contributed by atoms with E-state index in [9.17, 15) is 9.18 Å². The molecular weight excluding hydrogens is 505 g/mol. The molecule has 11 nitrogen and oxygen atoms in total. The maximum Gasteiger partial charge on any atom is 0.254 e. The van der Waals surface area contributed by atoms with Crippen LogP contribution >= 0.6 is 0 Å². The van der Waals surface area contributed by atoms with Gasteiger partial charge in [0.1, 0.15) is 11.7 Å². The van der Waals surface area contributed by atoms with Crippen molar-refractivity contribution in [2.75, 3.05) is 42.5 Å². The number of carbonyl (C=O) groups excluding carboxylic acids is 1. The number of H-pyrrole nitrogens is 1. The van der Waals surface area contributed by atoms with E-state index in [0.717, 1.165) is 12.8 Å². The highest BCUT2D eigenvalue weighted by Crippen LogP contribution is 2.43. The van der Waals surface area contributed by atoms with Gasteiger partial charge in [0.25, 0.3) is 5.91 Å². The van der Waals surface area contributed by atoms with Gasteiger partial charge in [-0.25, -0.2) is 4.98 Å². The maximum absolute atomic E-state index is 14.1. The highest BCUT2D eigenvalue weighted by molar-refractivity contribution is 6.10. The van der Waals surface area contributed by atoms with E-state index in [1.54, 1.807) is 61.7 Å². The number of benzene rings is 2. The molecule has 0 bridgehead atoms. The SMILES string of the molecule is COc1ccc(N2C(=O)[C@@H](C)N(C3CCOCC3)c3nc(Nc4ccc5n[nH]c(F)c5c4)ncc32)cc1OC. The summed E-state index contributed by atoms with van der Waals surface area (Å²) in [6.45, 7) is 3.12. The Morgan fingerprint density at radius 3 is 2.67 bits per heavy atom. The molecule has 1 atom stereocenters. The summed E-state index contributed by atoms with van der Waals surface area (Å²) in [5.74, 6) is 1.39. The maximum atomic E-state index is 14.1. The van der Waals surface area contributed by atoms with Gasteiger partial charge in [-0.2, -0.15) is 14.5 Å². The molecule has 0 saturated carbocycles. The summed E-state index contributed by atoms with van der Waals surface area (Å²) in [5, 5.41) is 9.82. The van der Waals surface area contributed by atoms with Crippen molar-refractivity contribution in [2.24, 2.45) is 0 Å². The average molecular weight is 534 g/mol. The zero-order valence-electron chi connectivity index (χ0n) is 21.8. The van der Waals surface area contributed by atoms with E-state index in [1.807, 2.05) is 6.92 Å². The van der Waals surface area contributed by atoms with E-state index in [4.69, 9.17) is 19.2 Å². The van der Waals surface area contributed by atoms with E-state index in [1.165, 1.54) is 0 Å². The Bertz CT molecular complexity index is 1540. The van der Waals surface area contributed by atoms with Crippen molar-refractivity contribution < 1.29 is 23.4 Å². The third-order valence-corrected chi connectivity index (χ3v) is 7.20. The van der Waals surface area contributed by atoms with Gasteiger partial charge in [0, 0.05) is 31.0 Å². The van der Waals surface area contributed by atoms with Crippen molar-refractivity contribution in [3.63, 3.8) is 0 Å². The minimum atomic E-state index is -0.511. The number of anilines is 5. The summed E-state index contributed by atoms with van der Waals surface area (Å²) in [6.07, 6.45) is 3.18. The van der Waals surface area contributed by atoms with Gasteiger partial charge >= 0.3 is 0 Å². The number of nitrogens with zero attached hydrogens (tertiary/aromatic N) is 5. The molecule has 12 heteroatoms. The van der Waals surface area contributed by atoms with E-state index in [2.05, 4.69) is 25.4 Å². The van der Waals surface area contributed by atoms with Crippen molar-refractivity contribution >= 4 is 45.6 Å². The van der Waals surface area contributed by atoms with Crippen LogP contribution in [-0.4, -0.2) is 65.6 Å². The Morgan fingerprint density at radius 1 is 1.10 bits per heavy atom. The van der Waals surface area contributed by atoms with Crippen LogP contribution in [0.25, 0.3) is 10.9 Å². The number of fused-ring (bicyclic) bond motifs is 2. The van der Waals surface area contributed by atoms with Crippen molar-refractivity contribution in [2.45, 2.75) is 31.8 Å². The first kappa shape index (κ1) is 24.9. The Labute approximate surface area is 223 Å². The lowest BCUT2D eigenvalue weighted by Gasteiger charge is -2.45. The quantitative estimate of drug-likeness (QED) is 0.374. The van der Waals surface area contributed by atoms with E-state index in [-0.39, 0.29) is 11.9 Å². The summed E-state index contributed by atoms with van der Waals surface area (Å²) >= 11 is 0. The van der Waals surface area contributed by atoms with Gasteiger partial charge in [0.2, 0.25) is 11.9 Å². The monoisotopic (exact) mass is 533 g/mol. The first-order valence-electron chi connectivity index (χ1n) is 12.7. The zero-order chi connectivity index (χ0) is 27.1. The number of hydrogen-bond donors (Lipinski definition) is 2. The van der Waals surface area contributed by atoms with Crippen LogP contribution in [-0.2, 0) is 9.53 Å². The predicted molar refractivity (Wildman–Crippen MR) is 144 cm³/mol.